The molecule has 8 aliphatic carbocycles. The molecule has 5 N–H and O–H groups in total. The van der Waals surface area contributed by atoms with Crippen LogP contribution in [0.1, 0.15) is 142 Å². The smallest absolute Gasteiger partial charge is 0.201 e. The van der Waals surface area contributed by atoms with Gasteiger partial charge in [-0.25, -0.2) is 0 Å². The molecular weight excluding hydrogens is 865 g/mol. The number of aliphatic hydroxyl groups excluding tert-OH is 4. The van der Waals surface area contributed by atoms with Crippen molar-refractivity contribution in [1.29, 1.82) is 0 Å². The van der Waals surface area contributed by atoms with Crippen molar-refractivity contribution in [2.24, 2.45) is 74.9 Å². The number of Topliss-reactive ketones (excluding diaryl/α,β-unsaturated/α-hetero) is 1. The van der Waals surface area contributed by atoms with E-state index in [1.807, 2.05) is 27.7 Å². The maximum Gasteiger partial charge on any atom is 0.201 e. The third-order valence-electron chi connectivity index (χ3n) is 23.2. The van der Waals surface area contributed by atoms with E-state index < -0.39 is 69.5 Å². The molecule has 4 aliphatic heterocycles. The van der Waals surface area contributed by atoms with Crippen LogP contribution in [0.3, 0.4) is 0 Å². The van der Waals surface area contributed by atoms with Gasteiger partial charge in [-0.3, -0.25) is 14.8 Å². The van der Waals surface area contributed by atoms with Gasteiger partial charge < -0.3 is 49.2 Å². The fraction of sp³-hybridized carbons (Fsp3) is 0.836. The molecule has 13 heteroatoms. The van der Waals surface area contributed by atoms with Crippen LogP contribution in [0.5, 0.6) is 0 Å². The number of hydrogen-bond acceptors (Lipinski definition) is 13. The molecule has 4 saturated carbocycles. The van der Waals surface area contributed by atoms with Gasteiger partial charge in [0.15, 0.2) is 5.79 Å². The first-order valence-electron chi connectivity index (χ1n) is 26.5. The van der Waals surface area contributed by atoms with E-state index in [2.05, 4.69) is 32.9 Å². The summed E-state index contributed by atoms with van der Waals surface area (Å²) >= 11 is 0. The summed E-state index contributed by atoms with van der Waals surface area (Å²) in [5, 5.41) is 58.6. The molecule has 0 radical (unpaired) electrons. The molecule has 5 unspecified atom stereocenters. The lowest BCUT2D eigenvalue weighted by atomic mass is 9.43. The van der Waals surface area contributed by atoms with E-state index in [1.54, 1.807) is 14.0 Å². The van der Waals surface area contributed by atoms with E-state index in [1.165, 1.54) is 5.57 Å². The minimum Gasteiger partial charge on any atom is -0.393 e. The molecule has 372 valence electrons. The van der Waals surface area contributed by atoms with Crippen LogP contribution >= 0.6 is 0 Å². The number of rotatable bonds is 2. The Morgan fingerprint density at radius 2 is 1.50 bits per heavy atom. The first kappa shape index (κ1) is 45.7. The van der Waals surface area contributed by atoms with Crippen molar-refractivity contribution in [2.45, 2.75) is 191 Å². The summed E-state index contributed by atoms with van der Waals surface area (Å²) in [6, 6.07) is 0. The van der Waals surface area contributed by atoms with Crippen LogP contribution in [-0.2, 0) is 47.7 Å². The van der Waals surface area contributed by atoms with Gasteiger partial charge in [-0.2, -0.15) is 0 Å². The van der Waals surface area contributed by atoms with Crippen molar-refractivity contribution >= 4 is 5.78 Å². The highest BCUT2D eigenvalue weighted by Gasteiger charge is 2.79. The zero-order chi connectivity index (χ0) is 47.9. The Morgan fingerprint density at radius 3 is 2.19 bits per heavy atom. The van der Waals surface area contributed by atoms with Crippen molar-refractivity contribution in [3.05, 3.63) is 46.1 Å². The quantitative estimate of drug-likeness (QED) is 0.229. The molecule has 1 aromatic heterocycles. The SMILES string of the molecule is CO[C@H]1c2nc3c(nc2C[C@@H]2CC[C@H]4C5=C[C@@H]6OC7(O[C@](C)(CO)C[C@H]7O)C(C)[C@]6(O)[C@@]5(C)[C@H](O)C[C@@H]4[C@]21C)C[C@@]1(C)[C@@H](CC[C@H]2C4=CC[C@@H]5C(C)C6(OCC45C(=O)C[C@@H]21)OC(C)(C)C[C@H]6O)C3. The summed E-state index contributed by atoms with van der Waals surface area (Å²) in [4.78, 5) is 26.2. The number of aromatic nitrogens is 2. The van der Waals surface area contributed by atoms with E-state index in [9.17, 15) is 30.3 Å². The molecule has 13 rings (SSSR count). The molecule has 4 saturated heterocycles. The van der Waals surface area contributed by atoms with E-state index in [4.69, 9.17) is 33.7 Å². The van der Waals surface area contributed by atoms with Crippen LogP contribution in [0.25, 0.3) is 0 Å². The van der Waals surface area contributed by atoms with Crippen molar-refractivity contribution < 1.29 is 54.0 Å². The lowest BCUT2D eigenvalue weighted by Gasteiger charge is -2.63. The predicted octanol–water partition coefficient (Wildman–Crippen LogP) is 5.65. The third-order valence-corrected chi connectivity index (χ3v) is 23.2. The first-order chi connectivity index (χ1) is 32.0. The lowest BCUT2D eigenvalue weighted by Crippen LogP contribution is -2.65. The van der Waals surface area contributed by atoms with Gasteiger partial charge in [0.1, 0.15) is 35.8 Å². The molecule has 13 nitrogen and oxygen atoms in total. The molecule has 8 fully saturated rings. The van der Waals surface area contributed by atoms with Crippen LogP contribution < -0.4 is 0 Å². The maximum absolute atomic E-state index is 15.0. The average Bonchev–Trinajstić information content (AvgIpc) is 4.01. The number of methoxy groups -OCH3 is 1. The highest BCUT2D eigenvalue weighted by molar-refractivity contribution is 5.91. The topological polar surface area (TPSA) is 190 Å². The molecule has 68 heavy (non-hydrogen) atoms. The van der Waals surface area contributed by atoms with Crippen molar-refractivity contribution in [3.63, 3.8) is 0 Å². The molecule has 22 atom stereocenters. The summed E-state index contributed by atoms with van der Waals surface area (Å²) in [7, 11) is 1.80. The van der Waals surface area contributed by atoms with Crippen molar-refractivity contribution in [3.8, 4) is 0 Å². The van der Waals surface area contributed by atoms with Crippen LogP contribution in [0, 0.1) is 74.9 Å². The number of carbonyl (C=O) groups excluding carboxylic acids is 1. The first-order valence-corrected chi connectivity index (χ1v) is 26.5. The third kappa shape index (κ3) is 5.12. The molecule has 0 amide bonds. The summed E-state index contributed by atoms with van der Waals surface area (Å²) in [5.41, 5.74) is 1.23. The van der Waals surface area contributed by atoms with Crippen LogP contribution in [0.15, 0.2) is 23.3 Å². The Bertz CT molecular complexity index is 2440. The predicted molar refractivity (Wildman–Crippen MR) is 246 cm³/mol. The number of nitrogens with zero attached hydrogens (tertiary/aromatic N) is 2. The molecule has 5 heterocycles. The molecule has 12 aliphatic rings. The zero-order valence-corrected chi connectivity index (χ0v) is 41.7. The Balaban J connectivity index is 0.784. The Hall–Kier alpha value is -2.17. The summed E-state index contributed by atoms with van der Waals surface area (Å²) < 4.78 is 33.0. The monoisotopic (exact) mass is 941 g/mol. The van der Waals surface area contributed by atoms with E-state index in [0.717, 1.165) is 79.7 Å². The van der Waals surface area contributed by atoms with Gasteiger partial charge in [0, 0.05) is 49.0 Å². The van der Waals surface area contributed by atoms with Gasteiger partial charge in [-0.15, -0.1) is 0 Å². The number of fused-ring (bicyclic) bond motifs is 13. The second-order valence-corrected chi connectivity index (χ2v) is 26.3. The second kappa shape index (κ2) is 13.9. The van der Waals surface area contributed by atoms with Crippen molar-refractivity contribution in [1.82, 2.24) is 9.97 Å². The Kier molecular flexibility index (Phi) is 9.34. The number of ether oxygens (including phenoxy) is 5. The van der Waals surface area contributed by atoms with Crippen molar-refractivity contribution in [2.75, 3.05) is 20.3 Å². The molecular formula is C55H76N2O11. The van der Waals surface area contributed by atoms with E-state index in [0.29, 0.717) is 36.9 Å². The molecule has 0 bridgehead atoms. The van der Waals surface area contributed by atoms with Crippen LogP contribution in [0.4, 0.5) is 0 Å². The minimum absolute atomic E-state index is 0.0464. The van der Waals surface area contributed by atoms with Gasteiger partial charge >= 0.3 is 0 Å². The van der Waals surface area contributed by atoms with Gasteiger partial charge in [-0.05, 0) is 125 Å². The fourth-order valence-electron chi connectivity index (χ4n) is 19.7. The van der Waals surface area contributed by atoms with E-state index in [-0.39, 0.29) is 72.1 Å². The summed E-state index contributed by atoms with van der Waals surface area (Å²) in [6.45, 7) is 16.6. The number of aliphatic hydroxyl groups is 5. The number of ketones is 1. The van der Waals surface area contributed by atoms with Crippen LogP contribution in [-0.4, -0.2) is 114 Å². The maximum atomic E-state index is 15.0. The van der Waals surface area contributed by atoms with Crippen LogP contribution in [0.2, 0.25) is 0 Å². The summed E-state index contributed by atoms with van der Waals surface area (Å²) in [6.07, 6.45) is 9.53. The van der Waals surface area contributed by atoms with Gasteiger partial charge in [0.2, 0.25) is 5.79 Å². The second-order valence-electron chi connectivity index (χ2n) is 26.3. The average molecular weight is 941 g/mol. The lowest BCUT2D eigenvalue weighted by molar-refractivity contribution is -0.336. The number of carbonyl (C=O) groups is 1. The Morgan fingerprint density at radius 1 is 0.794 bits per heavy atom. The highest BCUT2D eigenvalue weighted by atomic mass is 16.7. The highest BCUT2D eigenvalue weighted by Crippen LogP contribution is 2.73. The zero-order valence-electron chi connectivity index (χ0n) is 41.7. The fourth-order valence-corrected chi connectivity index (χ4v) is 19.7. The Labute approximate surface area is 401 Å². The molecule has 1 aromatic rings. The van der Waals surface area contributed by atoms with E-state index >= 15 is 0 Å². The largest absolute Gasteiger partial charge is 0.393 e. The minimum atomic E-state index is -1.54. The van der Waals surface area contributed by atoms with Gasteiger partial charge in [-0.1, -0.05) is 57.9 Å². The normalized spacial score (nSPS) is 56.6. The van der Waals surface area contributed by atoms with Gasteiger partial charge in [0.05, 0.1) is 58.7 Å². The van der Waals surface area contributed by atoms with Gasteiger partial charge in [0.25, 0.3) is 0 Å². The molecule has 3 spiro atoms. The standard InChI is InChI=1S/C55H76N2O11/c1-26-32-14-15-33-30-12-10-28-16-37-39(21-49(28,6)34(30)18-41(60)52(32,33)25-65-54(26)42(61)22-47(3,4)67-54)56-38-17-29-11-13-31-35(50(29,7)46(64-9)45(38)57-37)19-40(59)51(8)36(31)20-44-53(51,63)27(2)55(66-44)43(62)23-48(5,24-58)68-55/h15,20,26-32,34-35,40,42-44,46,58-59,61-63H,10-14,16-19,21-25H2,1-9H3/t26?,27?,28-,29-,30-,31+,32+,34-,35-,40+,42+,43+,44-,46-,48-,49-,50-,51+,52?,53+,54?,55?/m0/s1. The number of hydrogen-bond donors (Lipinski definition) is 5. The number of allylic oxidation sites excluding steroid dienone is 1. The summed E-state index contributed by atoms with van der Waals surface area (Å²) in [5.74, 6) is -1.79. The molecule has 0 aromatic carbocycles.